The SMILES string of the molecule is CC(C)C(=O)c1ccc(NC(=O)NCc2cccc(C(=O)Nc3ccc(CN(C)C)cc3)c2)cc1. The summed E-state index contributed by atoms with van der Waals surface area (Å²) in [4.78, 5) is 39.1. The van der Waals surface area contributed by atoms with Gasteiger partial charge in [-0.05, 0) is 73.8 Å². The number of urea groups is 1. The molecule has 0 saturated heterocycles. The Labute approximate surface area is 206 Å². The van der Waals surface area contributed by atoms with E-state index in [2.05, 4.69) is 20.9 Å². The van der Waals surface area contributed by atoms with Crippen LogP contribution in [0.4, 0.5) is 16.2 Å². The minimum atomic E-state index is -0.374. The van der Waals surface area contributed by atoms with Gasteiger partial charge < -0.3 is 20.9 Å². The molecule has 0 atom stereocenters. The van der Waals surface area contributed by atoms with E-state index in [1.165, 1.54) is 5.56 Å². The Hall–Kier alpha value is -3.97. The minimum absolute atomic E-state index is 0.0614. The van der Waals surface area contributed by atoms with Gasteiger partial charge in [0, 0.05) is 41.5 Å². The molecular formula is C28H32N4O3. The summed E-state index contributed by atoms with van der Waals surface area (Å²) >= 11 is 0. The van der Waals surface area contributed by atoms with Crippen molar-refractivity contribution in [2.24, 2.45) is 5.92 Å². The van der Waals surface area contributed by atoms with Gasteiger partial charge in [0.25, 0.3) is 5.91 Å². The first-order chi connectivity index (χ1) is 16.7. The van der Waals surface area contributed by atoms with Crippen LogP contribution in [0.15, 0.2) is 72.8 Å². The molecule has 0 unspecified atom stereocenters. The van der Waals surface area contributed by atoms with Crippen LogP contribution in [0, 0.1) is 5.92 Å². The van der Waals surface area contributed by atoms with Crippen molar-refractivity contribution in [1.29, 1.82) is 0 Å². The van der Waals surface area contributed by atoms with E-state index in [4.69, 9.17) is 0 Å². The molecule has 3 aromatic carbocycles. The average Bonchev–Trinajstić information content (AvgIpc) is 2.84. The third-order valence-electron chi connectivity index (χ3n) is 5.30. The van der Waals surface area contributed by atoms with Crippen LogP contribution in [0.2, 0.25) is 0 Å². The lowest BCUT2D eigenvalue weighted by Gasteiger charge is -2.11. The average molecular weight is 473 g/mol. The summed E-state index contributed by atoms with van der Waals surface area (Å²) in [5.41, 5.74) is 4.40. The summed E-state index contributed by atoms with van der Waals surface area (Å²) in [7, 11) is 4.02. The molecule has 7 heteroatoms. The van der Waals surface area contributed by atoms with Gasteiger partial charge in [-0.15, -0.1) is 0 Å². The molecule has 3 rings (SSSR count). The van der Waals surface area contributed by atoms with Crippen molar-refractivity contribution in [1.82, 2.24) is 10.2 Å². The fraction of sp³-hybridized carbons (Fsp3) is 0.250. The molecule has 182 valence electrons. The lowest BCUT2D eigenvalue weighted by molar-refractivity contribution is 0.0938. The van der Waals surface area contributed by atoms with E-state index >= 15 is 0 Å². The Balaban J connectivity index is 1.52. The van der Waals surface area contributed by atoms with Crippen LogP contribution in [0.5, 0.6) is 0 Å². The molecule has 3 amide bonds. The second kappa shape index (κ2) is 11.9. The first kappa shape index (κ1) is 25.6. The Morgan fingerprint density at radius 1 is 0.771 bits per heavy atom. The van der Waals surface area contributed by atoms with Crippen molar-refractivity contribution in [2.75, 3.05) is 24.7 Å². The third-order valence-corrected chi connectivity index (χ3v) is 5.30. The number of rotatable bonds is 9. The zero-order chi connectivity index (χ0) is 25.4. The van der Waals surface area contributed by atoms with Crippen LogP contribution in [-0.2, 0) is 13.1 Å². The van der Waals surface area contributed by atoms with Gasteiger partial charge in [-0.2, -0.15) is 0 Å². The number of benzene rings is 3. The van der Waals surface area contributed by atoms with Crippen LogP contribution < -0.4 is 16.0 Å². The molecule has 7 nitrogen and oxygen atoms in total. The quantitative estimate of drug-likeness (QED) is 0.375. The second-order valence-electron chi connectivity index (χ2n) is 8.99. The van der Waals surface area contributed by atoms with Crippen molar-refractivity contribution in [2.45, 2.75) is 26.9 Å². The minimum Gasteiger partial charge on any atom is -0.334 e. The van der Waals surface area contributed by atoms with Crippen molar-refractivity contribution in [3.05, 3.63) is 95.1 Å². The highest BCUT2D eigenvalue weighted by Crippen LogP contribution is 2.15. The first-order valence-electron chi connectivity index (χ1n) is 11.5. The number of nitrogens with one attached hydrogen (secondary N) is 3. The summed E-state index contributed by atoms with van der Waals surface area (Å²) in [6.07, 6.45) is 0. The van der Waals surface area contributed by atoms with Gasteiger partial charge in [0.2, 0.25) is 0 Å². The lowest BCUT2D eigenvalue weighted by atomic mass is 10.0. The van der Waals surface area contributed by atoms with Gasteiger partial charge in [0.05, 0.1) is 0 Å². The zero-order valence-electron chi connectivity index (χ0n) is 20.6. The normalized spacial score (nSPS) is 10.8. The smallest absolute Gasteiger partial charge is 0.319 e. The van der Waals surface area contributed by atoms with E-state index in [9.17, 15) is 14.4 Å². The molecule has 3 aromatic rings. The maximum absolute atomic E-state index is 12.7. The van der Waals surface area contributed by atoms with Gasteiger partial charge >= 0.3 is 6.03 Å². The summed E-state index contributed by atoms with van der Waals surface area (Å²) in [6.45, 7) is 4.80. The van der Waals surface area contributed by atoms with E-state index in [0.29, 0.717) is 16.8 Å². The maximum Gasteiger partial charge on any atom is 0.319 e. The van der Waals surface area contributed by atoms with Crippen molar-refractivity contribution >= 4 is 29.1 Å². The van der Waals surface area contributed by atoms with Crippen LogP contribution >= 0.6 is 0 Å². The molecule has 3 N–H and O–H groups in total. The Bertz CT molecular complexity index is 1170. The monoisotopic (exact) mass is 472 g/mol. The van der Waals surface area contributed by atoms with Gasteiger partial charge in [-0.1, -0.05) is 38.1 Å². The van der Waals surface area contributed by atoms with Crippen molar-refractivity contribution in [3.8, 4) is 0 Å². The fourth-order valence-electron chi connectivity index (χ4n) is 3.49. The predicted molar refractivity (Wildman–Crippen MR) is 140 cm³/mol. The second-order valence-corrected chi connectivity index (χ2v) is 8.99. The van der Waals surface area contributed by atoms with E-state index < -0.39 is 0 Å². The Kier molecular flexibility index (Phi) is 8.75. The number of carbonyl (C=O) groups is 3. The van der Waals surface area contributed by atoms with E-state index in [1.807, 2.05) is 58.3 Å². The number of carbonyl (C=O) groups excluding carboxylic acids is 3. The molecular weight excluding hydrogens is 440 g/mol. The molecule has 0 aromatic heterocycles. The molecule has 0 heterocycles. The Morgan fingerprint density at radius 2 is 1.40 bits per heavy atom. The number of nitrogens with zero attached hydrogens (tertiary/aromatic N) is 1. The van der Waals surface area contributed by atoms with Crippen LogP contribution in [-0.4, -0.2) is 36.7 Å². The molecule has 0 bridgehead atoms. The maximum atomic E-state index is 12.7. The Morgan fingerprint density at radius 3 is 2.03 bits per heavy atom. The first-order valence-corrected chi connectivity index (χ1v) is 11.5. The molecule has 35 heavy (non-hydrogen) atoms. The van der Waals surface area contributed by atoms with Gasteiger partial charge in [-0.3, -0.25) is 9.59 Å². The number of hydrogen-bond donors (Lipinski definition) is 3. The van der Waals surface area contributed by atoms with Gasteiger partial charge in [0.15, 0.2) is 5.78 Å². The topological polar surface area (TPSA) is 90.5 Å². The standard InChI is InChI=1S/C28H32N4O3/c1-19(2)26(33)22-10-14-25(15-11-22)31-28(35)29-17-21-6-5-7-23(16-21)27(34)30-24-12-8-20(9-13-24)18-32(3)4/h5-16,19H,17-18H2,1-4H3,(H,30,34)(H2,29,31,35). The van der Waals surface area contributed by atoms with Crippen LogP contribution in [0.1, 0.15) is 45.7 Å². The highest BCUT2D eigenvalue weighted by Gasteiger charge is 2.11. The summed E-state index contributed by atoms with van der Waals surface area (Å²) in [5.74, 6) is -0.234. The zero-order valence-corrected chi connectivity index (χ0v) is 20.6. The lowest BCUT2D eigenvalue weighted by Crippen LogP contribution is -2.28. The van der Waals surface area contributed by atoms with Crippen LogP contribution in [0.25, 0.3) is 0 Å². The largest absolute Gasteiger partial charge is 0.334 e. The van der Waals surface area contributed by atoms with Crippen molar-refractivity contribution < 1.29 is 14.4 Å². The molecule has 0 aliphatic heterocycles. The van der Waals surface area contributed by atoms with E-state index in [0.717, 1.165) is 17.8 Å². The number of amides is 3. The third kappa shape index (κ3) is 7.79. The van der Waals surface area contributed by atoms with E-state index in [-0.39, 0.29) is 30.2 Å². The van der Waals surface area contributed by atoms with Crippen LogP contribution in [0.3, 0.4) is 0 Å². The number of anilines is 2. The van der Waals surface area contributed by atoms with Gasteiger partial charge in [-0.25, -0.2) is 4.79 Å². The predicted octanol–water partition coefficient (Wildman–Crippen LogP) is 5.16. The highest BCUT2D eigenvalue weighted by atomic mass is 16.2. The molecule has 0 fully saturated rings. The molecule has 0 spiro atoms. The number of Topliss-reactive ketones (excluding diaryl/α,β-unsaturated/α-hetero) is 1. The van der Waals surface area contributed by atoms with E-state index in [1.54, 1.807) is 42.5 Å². The highest BCUT2D eigenvalue weighted by molar-refractivity contribution is 6.04. The fourth-order valence-corrected chi connectivity index (χ4v) is 3.49. The van der Waals surface area contributed by atoms with Crippen molar-refractivity contribution in [3.63, 3.8) is 0 Å². The molecule has 0 saturated carbocycles. The summed E-state index contributed by atoms with van der Waals surface area (Å²) < 4.78 is 0. The number of hydrogen-bond acceptors (Lipinski definition) is 4. The summed E-state index contributed by atoms with van der Waals surface area (Å²) in [6, 6.07) is 21.3. The molecule has 0 aliphatic carbocycles. The molecule has 0 radical (unpaired) electrons. The van der Waals surface area contributed by atoms with Gasteiger partial charge in [0.1, 0.15) is 0 Å². The summed E-state index contributed by atoms with van der Waals surface area (Å²) in [5, 5.41) is 8.44. The number of ketones is 1. The molecule has 0 aliphatic rings.